The second-order valence-corrected chi connectivity index (χ2v) is 6.27. The average Bonchev–Trinajstić information content (AvgIpc) is 2.30. The minimum absolute atomic E-state index is 0.00222. The van der Waals surface area contributed by atoms with Gasteiger partial charge in [-0.3, -0.25) is 0 Å². The van der Waals surface area contributed by atoms with Crippen molar-refractivity contribution in [3.63, 3.8) is 0 Å². The molecule has 3 nitrogen and oxygen atoms in total. The number of hydrogen-bond acceptors (Lipinski definition) is 3. The summed E-state index contributed by atoms with van der Waals surface area (Å²) in [5.74, 6) is 0. The van der Waals surface area contributed by atoms with Crippen LogP contribution in [-0.4, -0.2) is 32.0 Å². The third-order valence-corrected chi connectivity index (χ3v) is 5.73. The van der Waals surface area contributed by atoms with Crippen molar-refractivity contribution >= 4 is 9.84 Å². The van der Waals surface area contributed by atoms with E-state index in [0.29, 0.717) is 6.54 Å². The van der Waals surface area contributed by atoms with Crippen molar-refractivity contribution in [3.8, 4) is 0 Å². The maximum atomic E-state index is 11.8. The van der Waals surface area contributed by atoms with E-state index in [9.17, 15) is 8.42 Å². The van der Waals surface area contributed by atoms with Gasteiger partial charge >= 0.3 is 0 Å². The fraction of sp³-hybridized carbons (Fsp3) is 1.00. The lowest BCUT2D eigenvalue weighted by Crippen LogP contribution is -2.37. The molecule has 2 fully saturated rings. The highest BCUT2D eigenvalue weighted by atomic mass is 32.2. The Morgan fingerprint density at radius 1 is 1.08 bits per heavy atom. The summed E-state index contributed by atoms with van der Waals surface area (Å²) in [6.07, 6.45) is 3.72. The highest BCUT2D eigenvalue weighted by Crippen LogP contribution is 2.30. The highest BCUT2D eigenvalue weighted by molar-refractivity contribution is 7.92. The van der Waals surface area contributed by atoms with Gasteiger partial charge in [0.1, 0.15) is 0 Å². The van der Waals surface area contributed by atoms with Crippen molar-refractivity contribution in [3.05, 3.63) is 0 Å². The maximum absolute atomic E-state index is 11.8. The molecule has 0 bridgehead atoms. The van der Waals surface area contributed by atoms with Crippen LogP contribution in [0.4, 0.5) is 0 Å². The number of hydrogen-bond donors (Lipinski definition) is 1. The number of rotatable bonds is 2. The molecule has 0 radical (unpaired) electrons. The van der Waals surface area contributed by atoms with Gasteiger partial charge in [0.2, 0.25) is 0 Å². The lowest BCUT2D eigenvalue weighted by Gasteiger charge is -2.27. The van der Waals surface area contributed by atoms with Crippen LogP contribution in [0.15, 0.2) is 0 Å². The normalized spacial score (nSPS) is 31.8. The zero-order valence-corrected chi connectivity index (χ0v) is 7.94. The first-order chi connectivity index (χ1) is 5.71. The summed E-state index contributed by atoms with van der Waals surface area (Å²) in [7, 11) is -2.76. The van der Waals surface area contributed by atoms with Crippen molar-refractivity contribution in [1.82, 2.24) is 5.32 Å². The van der Waals surface area contributed by atoms with Gasteiger partial charge in [-0.05, 0) is 25.8 Å². The zero-order chi connectivity index (χ0) is 8.60. The summed E-state index contributed by atoms with van der Waals surface area (Å²) >= 11 is 0. The van der Waals surface area contributed by atoms with Gasteiger partial charge in [0, 0.05) is 6.54 Å². The lowest BCUT2D eigenvalue weighted by atomic mass is 10.00. The van der Waals surface area contributed by atoms with Gasteiger partial charge in [-0.15, -0.1) is 0 Å². The molecule has 1 heterocycles. The molecule has 0 spiro atoms. The van der Waals surface area contributed by atoms with Crippen molar-refractivity contribution in [2.24, 2.45) is 0 Å². The van der Waals surface area contributed by atoms with E-state index in [1.807, 2.05) is 0 Å². The molecule has 0 aromatic heterocycles. The van der Waals surface area contributed by atoms with Gasteiger partial charge in [0.05, 0.1) is 10.5 Å². The third kappa shape index (κ3) is 1.27. The molecule has 0 amide bonds. The fourth-order valence-electron chi connectivity index (χ4n) is 1.88. The summed E-state index contributed by atoms with van der Waals surface area (Å²) in [5.41, 5.74) is 0. The van der Waals surface area contributed by atoms with E-state index in [0.717, 1.165) is 32.2 Å². The second kappa shape index (κ2) is 3.00. The molecule has 1 unspecified atom stereocenters. The van der Waals surface area contributed by atoms with E-state index < -0.39 is 9.84 Å². The molecular weight excluding hydrogens is 174 g/mol. The SMILES string of the molecule is O=S(=O)(C1CCC1)C1CCNC1. The van der Waals surface area contributed by atoms with E-state index in [2.05, 4.69) is 5.32 Å². The molecule has 0 aromatic carbocycles. The summed E-state index contributed by atoms with van der Waals surface area (Å²) in [6.45, 7) is 1.55. The van der Waals surface area contributed by atoms with Crippen molar-refractivity contribution < 1.29 is 8.42 Å². The van der Waals surface area contributed by atoms with E-state index in [4.69, 9.17) is 0 Å². The molecule has 0 aromatic rings. The quantitative estimate of drug-likeness (QED) is 0.680. The largest absolute Gasteiger partial charge is 0.315 e. The number of sulfone groups is 1. The van der Waals surface area contributed by atoms with Gasteiger partial charge in [0.25, 0.3) is 0 Å². The molecule has 2 aliphatic rings. The average molecular weight is 189 g/mol. The van der Waals surface area contributed by atoms with Crippen LogP contribution in [0.25, 0.3) is 0 Å². The second-order valence-electron chi connectivity index (χ2n) is 3.76. The summed E-state index contributed by atoms with van der Waals surface area (Å²) < 4.78 is 23.6. The predicted molar refractivity (Wildman–Crippen MR) is 47.8 cm³/mol. The molecule has 1 saturated heterocycles. The van der Waals surface area contributed by atoms with Crippen LogP contribution in [0.3, 0.4) is 0 Å². The van der Waals surface area contributed by atoms with Gasteiger partial charge in [0.15, 0.2) is 9.84 Å². The molecular formula is C8H15NO2S. The Balaban J connectivity index is 2.08. The summed E-state index contributed by atoms with van der Waals surface area (Å²) in [6, 6.07) is 0. The van der Waals surface area contributed by atoms with Crippen LogP contribution in [0, 0.1) is 0 Å². The monoisotopic (exact) mass is 189 g/mol. The number of nitrogens with one attached hydrogen (secondary N) is 1. The minimum Gasteiger partial charge on any atom is -0.315 e. The first kappa shape index (κ1) is 8.51. The molecule has 1 aliphatic heterocycles. The van der Waals surface area contributed by atoms with Gasteiger partial charge in [-0.1, -0.05) is 6.42 Å². The molecule has 12 heavy (non-hydrogen) atoms. The standard InChI is InChI=1S/C8H15NO2S/c10-12(11,7-2-1-3-7)8-4-5-9-6-8/h7-9H,1-6H2. The highest BCUT2D eigenvalue weighted by Gasteiger charge is 2.38. The lowest BCUT2D eigenvalue weighted by molar-refractivity contribution is 0.470. The van der Waals surface area contributed by atoms with Crippen LogP contribution in [-0.2, 0) is 9.84 Å². The third-order valence-electron chi connectivity index (χ3n) is 3.00. The van der Waals surface area contributed by atoms with Crippen LogP contribution in [0.1, 0.15) is 25.7 Å². The molecule has 1 atom stereocenters. The van der Waals surface area contributed by atoms with E-state index in [1.165, 1.54) is 0 Å². The van der Waals surface area contributed by atoms with E-state index >= 15 is 0 Å². The smallest absolute Gasteiger partial charge is 0.157 e. The summed E-state index contributed by atoms with van der Waals surface area (Å²) in [5, 5.41) is 3.02. The molecule has 2 rings (SSSR count). The van der Waals surface area contributed by atoms with Crippen molar-refractivity contribution in [2.75, 3.05) is 13.1 Å². The Labute approximate surface area is 73.5 Å². The maximum Gasteiger partial charge on any atom is 0.157 e. The van der Waals surface area contributed by atoms with Gasteiger partial charge in [-0.25, -0.2) is 8.42 Å². The Morgan fingerprint density at radius 3 is 2.25 bits per heavy atom. The van der Waals surface area contributed by atoms with Gasteiger partial charge < -0.3 is 5.32 Å². The Morgan fingerprint density at radius 2 is 1.83 bits per heavy atom. The molecule has 70 valence electrons. The summed E-state index contributed by atoms with van der Waals surface area (Å²) in [4.78, 5) is 0. The molecule has 1 saturated carbocycles. The predicted octanol–water partition coefficient (Wildman–Crippen LogP) is 0.316. The Bertz CT molecular complexity index is 250. The van der Waals surface area contributed by atoms with Crippen LogP contribution >= 0.6 is 0 Å². The van der Waals surface area contributed by atoms with E-state index in [1.54, 1.807) is 0 Å². The van der Waals surface area contributed by atoms with Crippen molar-refractivity contribution in [2.45, 2.75) is 36.2 Å². The van der Waals surface area contributed by atoms with Crippen LogP contribution in [0.5, 0.6) is 0 Å². The first-order valence-corrected chi connectivity index (χ1v) is 6.25. The first-order valence-electron chi connectivity index (χ1n) is 4.64. The zero-order valence-electron chi connectivity index (χ0n) is 7.12. The molecule has 4 heteroatoms. The fourth-order valence-corrected chi connectivity index (χ4v) is 4.21. The van der Waals surface area contributed by atoms with Gasteiger partial charge in [-0.2, -0.15) is 0 Å². The Hall–Kier alpha value is -0.0900. The Kier molecular flexibility index (Phi) is 2.12. The van der Waals surface area contributed by atoms with E-state index in [-0.39, 0.29) is 10.5 Å². The topological polar surface area (TPSA) is 46.2 Å². The minimum atomic E-state index is -2.76. The van der Waals surface area contributed by atoms with Crippen molar-refractivity contribution in [1.29, 1.82) is 0 Å². The van der Waals surface area contributed by atoms with Crippen LogP contribution < -0.4 is 5.32 Å². The molecule has 1 aliphatic carbocycles. The van der Waals surface area contributed by atoms with Crippen LogP contribution in [0.2, 0.25) is 0 Å². The molecule has 1 N–H and O–H groups in total.